The molecule has 7 heteroatoms. The van der Waals surface area contributed by atoms with Gasteiger partial charge in [0.25, 0.3) is 5.89 Å². The minimum Gasteiger partial charge on any atom is -0.487 e. The van der Waals surface area contributed by atoms with Crippen molar-refractivity contribution in [3.8, 4) is 23.0 Å². The number of halogens is 1. The fraction of sp³-hybridized carbons (Fsp3) is 0.176. The summed E-state index contributed by atoms with van der Waals surface area (Å²) in [5.41, 5.74) is 0.671. The SMILES string of the molecule is OCCOc1ccccc1OCc1noc(-c2ccccc2Cl)n1. The summed E-state index contributed by atoms with van der Waals surface area (Å²) < 4.78 is 16.3. The van der Waals surface area contributed by atoms with Crippen LogP contribution in [0.2, 0.25) is 5.02 Å². The minimum absolute atomic E-state index is 0.0691. The normalized spacial score (nSPS) is 10.6. The first-order valence-electron chi connectivity index (χ1n) is 7.31. The van der Waals surface area contributed by atoms with Gasteiger partial charge in [-0.25, -0.2) is 0 Å². The monoisotopic (exact) mass is 346 g/mol. The summed E-state index contributed by atoms with van der Waals surface area (Å²) in [5.74, 6) is 1.81. The van der Waals surface area contributed by atoms with Gasteiger partial charge in [-0.2, -0.15) is 4.98 Å². The predicted octanol–water partition coefficient (Wildman–Crippen LogP) is 3.34. The van der Waals surface area contributed by atoms with Crippen LogP contribution < -0.4 is 9.47 Å². The lowest BCUT2D eigenvalue weighted by atomic mass is 10.2. The Labute approximate surface area is 143 Å². The summed E-state index contributed by atoms with van der Waals surface area (Å²) in [6, 6.07) is 14.4. The number of nitrogens with zero attached hydrogens (tertiary/aromatic N) is 2. The molecule has 24 heavy (non-hydrogen) atoms. The molecule has 1 aromatic heterocycles. The van der Waals surface area contributed by atoms with Crippen molar-refractivity contribution in [2.24, 2.45) is 0 Å². The van der Waals surface area contributed by atoms with Crippen LogP contribution in [0.15, 0.2) is 53.1 Å². The predicted molar refractivity (Wildman–Crippen MR) is 88.1 cm³/mol. The molecule has 0 spiro atoms. The van der Waals surface area contributed by atoms with E-state index in [-0.39, 0.29) is 19.8 Å². The molecular formula is C17H15ClN2O4. The highest BCUT2D eigenvalue weighted by molar-refractivity contribution is 6.33. The zero-order chi connectivity index (χ0) is 16.8. The number of aliphatic hydroxyl groups is 1. The second-order valence-corrected chi connectivity index (χ2v) is 5.21. The molecule has 3 rings (SSSR count). The number of hydrogen-bond acceptors (Lipinski definition) is 6. The number of hydrogen-bond donors (Lipinski definition) is 1. The van der Waals surface area contributed by atoms with Gasteiger partial charge in [-0.1, -0.05) is 41.0 Å². The molecule has 0 unspecified atom stereocenters. The van der Waals surface area contributed by atoms with E-state index in [1.807, 2.05) is 24.3 Å². The van der Waals surface area contributed by atoms with Crippen LogP contribution in [0.1, 0.15) is 5.82 Å². The highest BCUT2D eigenvalue weighted by Gasteiger charge is 2.13. The van der Waals surface area contributed by atoms with E-state index in [9.17, 15) is 0 Å². The second kappa shape index (κ2) is 7.81. The maximum absolute atomic E-state index is 8.85. The van der Waals surface area contributed by atoms with E-state index in [1.54, 1.807) is 24.3 Å². The lowest BCUT2D eigenvalue weighted by Crippen LogP contribution is -2.04. The van der Waals surface area contributed by atoms with Crippen LogP contribution in [-0.4, -0.2) is 28.5 Å². The third-order valence-corrected chi connectivity index (χ3v) is 3.46. The number of benzene rings is 2. The third kappa shape index (κ3) is 3.84. The molecule has 0 aliphatic rings. The quantitative estimate of drug-likeness (QED) is 0.707. The van der Waals surface area contributed by atoms with Crippen molar-refractivity contribution in [1.29, 1.82) is 0 Å². The summed E-state index contributed by atoms with van der Waals surface area (Å²) in [7, 11) is 0. The van der Waals surface area contributed by atoms with Crippen LogP contribution in [0.4, 0.5) is 0 Å². The van der Waals surface area contributed by atoms with Gasteiger partial charge >= 0.3 is 0 Å². The standard InChI is InChI=1S/C17H15ClN2O4/c18-13-6-2-1-5-12(13)17-19-16(20-24-17)11-23-15-8-4-3-7-14(15)22-10-9-21/h1-8,21H,9-11H2. The van der Waals surface area contributed by atoms with Crippen LogP contribution in [0.3, 0.4) is 0 Å². The molecule has 6 nitrogen and oxygen atoms in total. The molecule has 3 aromatic rings. The summed E-state index contributed by atoms with van der Waals surface area (Å²) in [6.45, 7) is 0.243. The zero-order valence-electron chi connectivity index (χ0n) is 12.7. The van der Waals surface area contributed by atoms with Crippen molar-refractivity contribution in [2.75, 3.05) is 13.2 Å². The molecule has 0 amide bonds. The zero-order valence-corrected chi connectivity index (χ0v) is 13.4. The largest absolute Gasteiger partial charge is 0.487 e. The van der Waals surface area contributed by atoms with Crippen LogP contribution >= 0.6 is 11.6 Å². The van der Waals surface area contributed by atoms with Crippen LogP contribution in [-0.2, 0) is 6.61 Å². The summed E-state index contributed by atoms with van der Waals surface area (Å²) in [4.78, 5) is 4.28. The first kappa shape index (κ1) is 16.3. The van der Waals surface area contributed by atoms with Gasteiger partial charge in [0.05, 0.1) is 17.2 Å². The lowest BCUT2D eigenvalue weighted by molar-refractivity contribution is 0.191. The van der Waals surface area contributed by atoms with Gasteiger partial charge in [0.2, 0.25) is 5.82 Å². The van der Waals surface area contributed by atoms with E-state index in [4.69, 9.17) is 30.7 Å². The molecule has 124 valence electrons. The van der Waals surface area contributed by atoms with Gasteiger partial charge in [0.15, 0.2) is 18.1 Å². The van der Waals surface area contributed by atoms with Crippen LogP contribution in [0.5, 0.6) is 11.5 Å². The highest BCUT2D eigenvalue weighted by atomic mass is 35.5. The molecule has 1 N–H and O–H groups in total. The van der Waals surface area contributed by atoms with Gasteiger partial charge in [0, 0.05) is 0 Å². The van der Waals surface area contributed by atoms with Crippen LogP contribution in [0.25, 0.3) is 11.5 Å². The third-order valence-electron chi connectivity index (χ3n) is 3.13. The van der Waals surface area contributed by atoms with Gasteiger partial charge in [-0.3, -0.25) is 0 Å². The summed E-state index contributed by atoms with van der Waals surface area (Å²) >= 11 is 6.11. The molecule has 0 aliphatic carbocycles. The average Bonchev–Trinajstić information content (AvgIpc) is 3.08. The Bertz CT molecular complexity index is 807. The molecule has 0 bridgehead atoms. The van der Waals surface area contributed by atoms with Gasteiger partial charge in [0.1, 0.15) is 6.61 Å². The van der Waals surface area contributed by atoms with Crippen molar-refractivity contribution in [1.82, 2.24) is 10.1 Å². The van der Waals surface area contributed by atoms with Crippen molar-refractivity contribution in [2.45, 2.75) is 6.61 Å². The van der Waals surface area contributed by atoms with Gasteiger partial charge < -0.3 is 19.1 Å². The van der Waals surface area contributed by atoms with E-state index in [0.29, 0.717) is 33.8 Å². The van der Waals surface area contributed by atoms with Crippen molar-refractivity contribution in [3.63, 3.8) is 0 Å². The molecule has 0 radical (unpaired) electrons. The lowest BCUT2D eigenvalue weighted by Gasteiger charge is -2.10. The maximum Gasteiger partial charge on any atom is 0.259 e. The Kier molecular flexibility index (Phi) is 5.30. The molecule has 1 heterocycles. The fourth-order valence-corrected chi connectivity index (χ4v) is 2.26. The fourth-order valence-electron chi connectivity index (χ4n) is 2.04. The Morgan fingerprint density at radius 2 is 1.71 bits per heavy atom. The van der Waals surface area contributed by atoms with Gasteiger partial charge in [-0.05, 0) is 24.3 Å². The number of aromatic nitrogens is 2. The van der Waals surface area contributed by atoms with E-state index in [0.717, 1.165) is 0 Å². The molecule has 2 aromatic carbocycles. The van der Waals surface area contributed by atoms with Crippen molar-refractivity contribution in [3.05, 3.63) is 59.4 Å². The number of ether oxygens (including phenoxy) is 2. The Morgan fingerprint density at radius 1 is 1.00 bits per heavy atom. The van der Waals surface area contributed by atoms with E-state index in [1.165, 1.54) is 0 Å². The highest BCUT2D eigenvalue weighted by Crippen LogP contribution is 2.28. The van der Waals surface area contributed by atoms with Crippen molar-refractivity contribution >= 4 is 11.6 Å². The smallest absolute Gasteiger partial charge is 0.259 e. The van der Waals surface area contributed by atoms with E-state index < -0.39 is 0 Å². The first-order valence-corrected chi connectivity index (χ1v) is 7.68. The van der Waals surface area contributed by atoms with E-state index in [2.05, 4.69) is 10.1 Å². The molecule has 0 aliphatic heterocycles. The molecule has 0 atom stereocenters. The number of para-hydroxylation sites is 2. The summed E-state index contributed by atoms with van der Waals surface area (Å²) in [5, 5.41) is 13.3. The van der Waals surface area contributed by atoms with E-state index >= 15 is 0 Å². The second-order valence-electron chi connectivity index (χ2n) is 4.80. The molecule has 0 saturated heterocycles. The minimum atomic E-state index is -0.0691. The Balaban J connectivity index is 1.69. The maximum atomic E-state index is 8.85. The van der Waals surface area contributed by atoms with Gasteiger partial charge in [-0.15, -0.1) is 0 Å². The average molecular weight is 347 g/mol. The molecule has 0 saturated carbocycles. The summed E-state index contributed by atoms with van der Waals surface area (Å²) in [6.07, 6.45) is 0. The van der Waals surface area contributed by atoms with Crippen molar-refractivity contribution < 1.29 is 19.1 Å². The Hall–Kier alpha value is -2.57. The molecule has 0 fully saturated rings. The van der Waals surface area contributed by atoms with Crippen LogP contribution in [0, 0.1) is 0 Å². The Morgan fingerprint density at radius 3 is 2.46 bits per heavy atom. The topological polar surface area (TPSA) is 77.6 Å². The molecular weight excluding hydrogens is 332 g/mol. The first-order chi connectivity index (χ1) is 11.8. The number of aliphatic hydroxyl groups excluding tert-OH is 1. The number of rotatable bonds is 7.